The van der Waals surface area contributed by atoms with Gasteiger partial charge in [-0.15, -0.1) is 0 Å². The maximum atomic E-state index is 13.2. The van der Waals surface area contributed by atoms with Gasteiger partial charge in [0.25, 0.3) is 5.91 Å². The Hall–Kier alpha value is -3.15. The van der Waals surface area contributed by atoms with Gasteiger partial charge < -0.3 is 14.6 Å². The number of benzene rings is 2. The summed E-state index contributed by atoms with van der Waals surface area (Å²) in [5, 5.41) is 3.57. The van der Waals surface area contributed by atoms with Crippen molar-refractivity contribution in [1.29, 1.82) is 0 Å². The van der Waals surface area contributed by atoms with Gasteiger partial charge >= 0.3 is 5.97 Å². The van der Waals surface area contributed by atoms with Crippen molar-refractivity contribution >= 4 is 22.8 Å². The Bertz CT molecular complexity index is 993. The van der Waals surface area contributed by atoms with Gasteiger partial charge in [-0.2, -0.15) is 0 Å². The van der Waals surface area contributed by atoms with Crippen molar-refractivity contribution < 1.29 is 18.7 Å². The molecule has 146 valence electrons. The number of esters is 1. The van der Waals surface area contributed by atoms with E-state index in [1.165, 1.54) is 19.2 Å². The Morgan fingerprint density at radius 2 is 1.79 bits per heavy atom. The second kappa shape index (κ2) is 8.25. The summed E-state index contributed by atoms with van der Waals surface area (Å²) < 4.78 is 19.9. The van der Waals surface area contributed by atoms with Gasteiger partial charge in [0, 0.05) is 23.6 Å². The summed E-state index contributed by atoms with van der Waals surface area (Å²) >= 11 is 0. The third kappa shape index (κ3) is 4.06. The molecule has 0 unspecified atom stereocenters. The van der Waals surface area contributed by atoms with Gasteiger partial charge in [0.1, 0.15) is 11.9 Å². The molecule has 1 aromatic heterocycles. The number of nitrogens with one attached hydrogen (secondary N) is 1. The summed E-state index contributed by atoms with van der Waals surface area (Å²) in [5.41, 5.74) is 2.28. The van der Waals surface area contributed by atoms with Crippen molar-refractivity contribution in [2.45, 2.75) is 26.4 Å². The van der Waals surface area contributed by atoms with Crippen LogP contribution in [0.1, 0.15) is 29.8 Å². The monoisotopic (exact) mass is 382 g/mol. The van der Waals surface area contributed by atoms with E-state index in [4.69, 9.17) is 4.74 Å². The average molecular weight is 382 g/mol. The third-order valence-corrected chi connectivity index (χ3v) is 4.71. The molecule has 0 spiro atoms. The van der Waals surface area contributed by atoms with Crippen LogP contribution in [0.25, 0.3) is 10.9 Å². The summed E-state index contributed by atoms with van der Waals surface area (Å²) in [5.74, 6) is -1.20. The first-order valence-electron chi connectivity index (χ1n) is 9.11. The SMILES string of the molecule is COC(=O)[C@H](NC(=O)c1cn(Cc2ccc(F)cc2)c2ccccc12)C(C)C. The molecule has 1 amide bonds. The van der Waals surface area contributed by atoms with E-state index in [1.54, 1.807) is 18.3 Å². The highest BCUT2D eigenvalue weighted by molar-refractivity contribution is 6.08. The average Bonchev–Trinajstić information content (AvgIpc) is 3.05. The highest BCUT2D eigenvalue weighted by atomic mass is 19.1. The van der Waals surface area contributed by atoms with Crippen molar-refractivity contribution in [3.63, 3.8) is 0 Å². The van der Waals surface area contributed by atoms with Gasteiger partial charge in [-0.3, -0.25) is 4.79 Å². The molecule has 3 rings (SSSR count). The molecule has 0 aliphatic rings. The second-order valence-electron chi connectivity index (χ2n) is 7.03. The van der Waals surface area contributed by atoms with Crippen LogP contribution in [0.5, 0.6) is 0 Å². The maximum Gasteiger partial charge on any atom is 0.328 e. The molecule has 2 aromatic carbocycles. The number of para-hydroxylation sites is 1. The lowest BCUT2D eigenvalue weighted by atomic mass is 10.0. The molecule has 5 nitrogen and oxygen atoms in total. The predicted octanol–water partition coefficient (Wildman–Crippen LogP) is 3.76. The Balaban J connectivity index is 1.94. The Morgan fingerprint density at radius 1 is 1.11 bits per heavy atom. The van der Waals surface area contributed by atoms with Crippen LogP contribution in [-0.4, -0.2) is 29.6 Å². The molecule has 0 saturated heterocycles. The van der Waals surface area contributed by atoms with E-state index >= 15 is 0 Å². The topological polar surface area (TPSA) is 60.3 Å². The van der Waals surface area contributed by atoms with Crippen molar-refractivity contribution in [3.8, 4) is 0 Å². The lowest BCUT2D eigenvalue weighted by Gasteiger charge is -2.19. The Kier molecular flexibility index (Phi) is 5.78. The summed E-state index contributed by atoms with van der Waals surface area (Å²) in [6, 6.07) is 13.1. The molecule has 28 heavy (non-hydrogen) atoms. The molecule has 1 N–H and O–H groups in total. The summed E-state index contributed by atoms with van der Waals surface area (Å²) in [7, 11) is 1.30. The fourth-order valence-corrected chi connectivity index (χ4v) is 3.19. The number of rotatable bonds is 6. The Labute approximate surface area is 163 Å². The minimum Gasteiger partial charge on any atom is -0.467 e. The van der Waals surface area contributed by atoms with Crippen LogP contribution in [0, 0.1) is 11.7 Å². The molecule has 0 radical (unpaired) electrons. The van der Waals surface area contributed by atoms with Crippen molar-refractivity contribution in [2.75, 3.05) is 7.11 Å². The third-order valence-electron chi connectivity index (χ3n) is 4.71. The summed E-state index contributed by atoms with van der Waals surface area (Å²) in [4.78, 5) is 24.9. The molecule has 3 aromatic rings. The molecule has 1 atom stereocenters. The van der Waals surface area contributed by atoms with E-state index < -0.39 is 12.0 Å². The number of hydrogen-bond donors (Lipinski definition) is 1. The van der Waals surface area contributed by atoms with Crippen LogP contribution in [0.15, 0.2) is 54.7 Å². The molecule has 0 fully saturated rings. The van der Waals surface area contributed by atoms with Crippen LogP contribution in [0.3, 0.4) is 0 Å². The zero-order chi connectivity index (χ0) is 20.3. The number of carbonyl (C=O) groups is 2. The highest BCUT2D eigenvalue weighted by Gasteiger charge is 2.26. The number of nitrogens with zero attached hydrogens (tertiary/aromatic N) is 1. The molecule has 0 bridgehead atoms. The first-order valence-corrected chi connectivity index (χ1v) is 9.11. The largest absolute Gasteiger partial charge is 0.467 e. The van der Waals surface area contributed by atoms with Crippen LogP contribution >= 0.6 is 0 Å². The van der Waals surface area contributed by atoms with Crippen LogP contribution in [0.4, 0.5) is 4.39 Å². The molecule has 0 aliphatic heterocycles. The smallest absolute Gasteiger partial charge is 0.328 e. The number of aromatic nitrogens is 1. The van der Waals surface area contributed by atoms with Crippen LogP contribution in [-0.2, 0) is 16.1 Å². The first kappa shape index (κ1) is 19.6. The van der Waals surface area contributed by atoms with Gasteiger partial charge in [-0.05, 0) is 29.7 Å². The predicted molar refractivity (Wildman–Crippen MR) is 106 cm³/mol. The minimum atomic E-state index is -0.725. The molecule has 6 heteroatoms. The number of amides is 1. The molecular formula is C22H23FN2O3. The molecular weight excluding hydrogens is 359 g/mol. The van der Waals surface area contributed by atoms with Crippen molar-refractivity contribution in [1.82, 2.24) is 9.88 Å². The van der Waals surface area contributed by atoms with Gasteiger partial charge in [0.15, 0.2) is 0 Å². The molecule has 1 heterocycles. The zero-order valence-corrected chi connectivity index (χ0v) is 16.1. The fourth-order valence-electron chi connectivity index (χ4n) is 3.19. The molecule has 0 saturated carbocycles. The van der Waals surface area contributed by atoms with Crippen LogP contribution in [0.2, 0.25) is 0 Å². The summed E-state index contributed by atoms with van der Waals surface area (Å²) in [6.07, 6.45) is 1.76. The number of ether oxygens (including phenoxy) is 1. The standard InChI is InChI=1S/C22H23FN2O3/c1-14(2)20(22(27)28-3)24-21(26)18-13-25(19-7-5-4-6-17(18)19)12-15-8-10-16(23)11-9-15/h4-11,13-14,20H,12H2,1-3H3,(H,24,26)/t20-/m1/s1. The highest BCUT2D eigenvalue weighted by Crippen LogP contribution is 2.23. The maximum absolute atomic E-state index is 13.2. The van der Waals surface area contributed by atoms with Crippen LogP contribution < -0.4 is 5.32 Å². The number of halogens is 1. The van der Waals surface area contributed by atoms with Crippen molar-refractivity contribution in [3.05, 3.63) is 71.7 Å². The lowest BCUT2D eigenvalue weighted by Crippen LogP contribution is -2.45. The van der Waals surface area contributed by atoms with E-state index in [0.29, 0.717) is 12.1 Å². The van der Waals surface area contributed by atoms with E-state index in [2.05, 4.69) is 5.32 Å². The van der Waals surface area contributed by atoms with E-state index in [1.807, 2.05) is 42.7 Å². The van der Waals surface area contributed by atoms with E-state index in [-0.39, 0.29) is 17.6 Å². The van der Waals surface area contributed by atoms with Gasteiger partial charge in [0.05, 0.1) is 12.7 Å². The Morgan fingerprint density at radius 3 is 2.43 bits per heavy atom. The lowest BCUT2D eigenvalue weighted by molar-refractivity contribution is -0.144. The molecule has 0 aliphatic carbocycles. The number of hydrogen-bond acceptors (Lipinski definition) is 3. The van der Waals surface area contributed by atoms with E-state index in [9.17, 15) is 14.0 Å². The van der Waals surface area contributed by atoms with Crippen molar-refractivity contribution in [2.24, 2.45) is 5.92 Å². The first-order chi connectivity index (χ1) is 13.4. The van der Waals surface area contributed by atoms with Gasteiger partial charge in [-0.25, -0.2) is 9.18 Å². The van der Waals surface area contributed by atoms with Gasteiger partial charge in [0.2, 0.25) is 0 Å². The second-order valence-corrected chi connectivity index (χ2v) is 7.03. The minimum absolute atomic E-state index is 0.107. The normalized spacial score (nSPS) is 12.2. The number of carbonyl (C=O) groups excluding carboxylic acids is 2. The van der Waals surface area contributed by atoms with Gasteiger partial charge in [-0.1, -0.05) is 44.2 Å². The number of methoxy groups -OCH3 is 1. The fraction of sp³-hybridized carbons (Fsp3) is 0.273. The van der Waals surface area contributed by atoms with E-state index in [0.717, 1.165) is 16.5 Å². The number of fused-ring (bicyclic) bond motifs is 1. The summed E-state index contributed by atoms with van der Waals surface area (Å²) in [6.45, 7) is 4.19. The zero-order valence-electron chi connectivity index (χ0n) is 16.1. The quantitative estimate of drug-likeness (QED) is 0.661.